The molecule has 2 atom stereocenters. The maximum absolute atomic E-state index is 12.8. The Balaban J connectivity index is 0.828. The normalized spacial score (nSPS) is 19.5. The summed E-state index contributed by atoms with van der Waals surface area (Å²) in [5, 5.41) is 0. The number of esters is 2. The van der Waals surface area contributed by atoms with Crippen molar-refractivity contribution >= 4 is 11.9 Å². The summed E-state index contributed by atoms with van der Waals surface area (Å²) in [6.45, 7) is 6.44. The fourth-order valence-electron chi connectivity index (χ4n) is 7.06. The fraction of sp³-hybridized carbons (Fsp3) is 0.667. The second-order valence-corrected chi connectivity index (χ2v) is 16.0. The fourth-order valence-corrected chi connectivity index (χ4v) is 7.06. The number of hydrogen-bond donors (Lipinski definition) is 0. The molecule has 0 radical (unpaired) electrons. The van der Waals surface area contributed by atoms with Crippen LogP contribution >= 0.6 is 0 Å². The molecule has 1 aliphatic carbocycles. The van der Waals surface area contributed by atoms with Crippen molar-refractivity contribution < 1.29 is 47.5 Å². The highest BCUT2D eigenvalue weighted by Gasteiger charge is 2.28. The Morgan fingerprint density at radius 1 is 0.534 bits per heavy atom. The summed E-state index contributed by atoms with van der Waals surface area (Å²) >= 11 is 0. The lowest BCUT2D eigenvalue weighted by atomic mass is 9.87. The van der Waals surface area contributed by atoms with Crippen LogP contribution in [0, 0.1) is 17.8 Å². The molecular weight excluding hydrogens is 737 g/mol. The SMILES string of the molecule is O=C(C#Cc1ccc(OCCCCCCCCCCOCC2CO2)cc1)Oc1ccc(OC(=O)C2CCC(OCCCCCCCCCCOCC3CO3)CC2)cc1. The molecule has 320 valence electrons. The lowest BCUT2D eigenvalue weighted by Crippen LogP contribution is -2.29. The Hall–Kier alpha value is -3.46. The highest BCUT2D eigenvalue weighted by molar-refractivity contribution is 5.90. The van der Waals surface area contributed by atoms with Gasteiger partial charge in [-0.05, 0) is 99.9 Å². The molecule has 0 N–H and O–H groups in total. The monoisotopic (exact) mass is 804 g/mol. The first-order chi connectivity index (χ1) is 28.6. The molecule has 0 bridgehead atoms. The molecule has 3 fully saturated rings. The van der Waals surface area contributed by atoms with Gasteiger partial charge in [0.1, 0.15) is 29.5 Å². The molecule has 3 aliphatic rings. The van der Waals surface area contributed by atoms with Crippen LogP contribution in [-0.2, 0) is 33.3 Å². The van der Waals surface area contributed by atoms with Crippen molar-refractivity contribution in [3.63, 3.8) is 0 Å². The molecule has 58 heavy (non-hydrogen) atoms. The van der Waals surface area contributed by atoms with Gasteiger partial charge in [-0.3, -0.25) is 4.79 Å². The van der Waals surface area contributed by atoms with Crippen molar-refractivity contribution in [1.82, 2.24) is 0 Å². The minimum absolute atomic E-state index is 0.133. The third-order valence-corrected chi connectivity index (χ3v) is 10.8. The van der Waals surface area contributed by atoms with E-state index in [0.717, 1.165) is 110 Å². The second kappa shape index (κ2) is 28.1. The van der Waals surface area contributed by atoms with E-state index in [1.54, 1.807) is 24.3 Å². The molecule has 5 rings (SSSR count). The maximum atomic E-state index is 12.8. The molecular formula is C48H68O10. The Bertz CT molecular complexity index is 1470. The van der Waals surface area contributed by atoms with Crippen molar-refractivity contribution in [2.45, 2.75) is 147 Å². The predicted molar refractivity (Wildman–Crippen MR) is 223 cm³/mol. The van der Waals surface area contributed by atoms with Gasteiger partial charge in [0, 0.05) is 31.3 Å². The number of carbonyl (C=O) groups excluding carboxylic acids is 2. The number of hydrogen-bond acceptors (Lipinski definition) is 10. The standard InChI is InChI=1S/C48H68O10/c49-47(30-19-39-17-22-41(23-18-39)53-33-15-11-7-3-1-5-9-13-31-51-35-45-37-55-45)57-43-26-28-44(29-27-43)58-48(50)40-20-24-42(25-21-40)54-34-16-12-8-4-2-6-10-14-32-52-36-46-38-56-46/h17-18,22-23,26-29,40,42,45-46H,1-16,20-21,24-25,31-38H2. The Morgan fingerprint density at radius 3 is 1.50 bits per heavy atom. The molecule has 1 saturated carbocycles. The van der Waals surface area contributed by atoms with E-state index in [2.05, 4.69) is 11.8 Å². The maximum Gasteiger partial charge on any atom is 0.390 e. The van der Waals surface area contributed by atoms with Crippen molar-refractivity contribution in [3.05, 3.63) is 54.1 Å². The van der Waals surface area contributed by atoms with Gasteiger partial charge in [0.15, 0.2) is 0 Å². The zero-order valence-electron chi connectivity index (χ0n) is 34.8. The molecule has 10 nitrogen and oxygen atoms in total. The van der Waals surface area contributed by atoms with Crippen LogP contribution < -0.4 is 14.2 Å². The van der Waals surface area contributed by atoms with Crippen molar-refractivity contribution in [1.29, 1.82) is 0 Å². The molecule has 2 heterocycles. The van der Waals surface area contributed by atoms with Crippen LogP contribution in [0.5, 0.6) is 17.2 Å². The average molecular weight is 805 g/mol. The number of epoxide rings is 2. The summed E-state index contributed by atoms with van der Waals surface area (Å²) in [6, 6.07) is 13.9. The van der Waals surface area contributed by atoms with Crippen LogP contribution in [0.2, 0.25) is 0 Å². The lowest BCUT2D eigenvalue weighted by Gasteiger charge is -2.27. The van der Waals surface area contributed by atoms with E-state index in [9.17, 15) is 9.59 Å². The third kappa shape index (κ3) is 21.0. The molecule has 2 aromatic carbocycles. The van der Waals surface area contributed by atoms with Crippen LogP contribution in [0.15, 0.2) is 48.5 Å². The zero-order valence-corrected chi connectivity index (χ0v) is 34.8. The number of benzene rings is 2. The summed E-state index contributed by atoms with van der Waals surface area (Å²) in [6.07, 6.45) is 23.7. The van der Waals surface area contributed by atoms with E-state index in [-0.39, 0.29) is 18.0 Å². The van der Waals surface area contributed by atoms with Gasteiger partial charge in [-0.25, -0.2) is 4.79 Å². The Kier molecular flexibility index (Phi) is 22.1. The van der Waals surface area contributed by atoms with E-state index in [4.69, 9.17) is 37.9 Å². The summed E-state index contributed by atoms with van der Waals surface area (Å²) in [7, 11) is 0. The summed E-state index contributed by atoms with van der Waals surface area (Å²) in [5.41, 5.74) is 0.695. The molecule has 10 heteroatoms. The molecule has 2 aromatic rings. The van der Waals surface area contributed by atoms with Gasteiger partial charge in [0.25, 0.3) is 0 Å². The van der Waals surface area contributed by atoms with Crippen molar-refractivity contribution in [2.24, 2.45) is 5.92 Å². The first-order valence-corrected chi connectivity index (χ1v) is 22.4. The molecule has 0 spiro atoms. The van der Waals surface area contributed by atoms with Gasteiger partial charge >= 0.3 is 11.9 Å². The van der Waals surface area contributed by atoms with Crippen LogP contribution in [0.3, 0.4) is 0 Å². The van der Waals surface area contributed by atoms with Crippen molar-refractivity contribution in [2.75, 3.05) is 52.9 Å². The summed E-state index contributed by atoms with van der Waals surface area (Å²) in [5.74, 6) is 5.91. The van der Waals surface area contributed by atoms with E-state index >= 15 is 0 Å². The van der Waals surface area contributed by atoms with E-state index < -0.39 is 5.97 Å². The summed E-state index contributed by atoms with van der Waals surface area (Å²) < 4.78 is 44.5. The third-order valence-electron chi connectivity index (χ3n) is 10.8. The lowest BCUT2D eigenvalue weighted by molar-refractivity contribution is -0.141. The van der Waals surface area contributed by atoms with Gasteiger partial charge in [-0.1, -0.05) is 83.0 Å². The van der Waals surface area contributed by atoms with E-state index in [1.807, 2.05) is 24.3 Å². The smallest absolute Gasteiger partial charge is 0.390 e. The van der Waals surface area contributed by atoms with Gasteiger partial charge < -0.3 is 37.9 Å². The van der Waals surface area contributed by atoms with Crippen LogP contribution in [0.4, 0.5) is 0 Å². The molecule has 2 unspecified atom stereocenters. The van der Waals surface area contributed by atoms with Gasteiger partial charge in [-0.2, -0.15) is 0 Å². The number of rotatable bonds is 31. The Labute approximate surface area is 347 Å². The Morgan fingerprint density at radius 2 is 0.983 bits per heavy atom. The number of carbonyl (C=O) groups is 2. The van der Waals surface area contributed by atoms with E-state index in [0.29, 0.717) is 35.9 Å². The molecule has 0 amide bonds. The second-order valence-electron chi connectivity index (χ2n) is 16.0. The van der Waals surface area contributed by atoms with E-state index in [1.165, 1.54) is 70.6 Å². The molecule has 2 aliphatic heterocycles. The minimum atomic E-state index is -0.666. The van der Waals surface area contributed by atoms with Gasteiger partial charge in [-0.15, -0.1) is 0 Å². The first kappa shape index (κ1) is 45.6. The first-order valence-electron chi connectivity index (χ1n) is 22.4. The quantitative estimate of drug-likeness (QED) is 0.0240. The largest absolute Gasteiger partial charge is 0.494 e. The topological polar surface area (TPSA) is 115 Å². The molecule has 0 aromatic heterocycles. The predicted octanol–water partition coefficient (Wildman–Crippen LogP) is 9.58. The van der Waals surface area contributed by atoms with Crippen molar-refractivity contribution in [3.8, 4) is 29.1 Å². The van der Waals surface area contributed by atoms with Gasteiger partial charge in [0.05, 0.1) is 45.1 Å². The highest BCUT2D eigenvalue weighted by atomic mass is 16.6. The zero-order chi connectivity index (χ0) is 40.3. The average Bonchev–Trinajstić information content (AvgIpc) is 4.19. The highest BCUT2D eigenvalue weighted by Crippen LogP contribution is 2.29. The van der Waals surface area contributed by atoms with Crippen LogP contribution in [-0.4, -0.2) is 83.1 Å². The number of ether oxygens (including phenoxy) is 8. The molecule has 2 saturated heterocycles. The summed E-state index contributed by atoms with van der Waals surface area (Å²) in [4.78, 5) is 25.2. The van der Waals surface area contributed by atoms with Crippen LogP contribution in [0.1, 0.15) is 134 Å². The van der Waals surface area contributed by atoms with Crippen LogP contribution in [0.25, 0.3) is 0 Å². The number of unbranched alkanes of at least 4 members (excludes halogenated alkanes) is 14. The minimum Gasteiger partial charge on any atom is -0.494 e. The van der Waals surface area contributed by atoms with Gasteiger partial charge in [0.2, 0.25) is 0 Å².